The van der Waals surface area contributed by atoms with E-state index in [4.69, 9.17) is 0 Å². The highest BCUT2D eigenvalue weighted by Crippen LogP contribution is 2.12. The van der Waals surface area contributed by atoms with Gasteiger partial charge in [-0.1, -0.05) is 19.1 Å². The number of carbonyl (C=O) groups is 1. The summed E-state index contributed by atoms with van der Waals surface area (Å²) in [7, 11) is 4.05. The van der Waals surface area contributed by atoms with Crippen LogP contribution in [0.15, 0.2) is 24.3 Å². The van der Waals surface area contributed by atoms with Crippen molar-refractivity contribution >= 4 is 11.6 Å². The number of hydrogen-bond donors (Lipinski definition) is 1. The van der Waals surface area contributed by atoms with E-state index < -0.39 is 0 Å². The molecule has 1 amide bonds. The van der Waals surface area contributed by atoms with Crippen molar-refractivity contribution in [3.8, 4) is 0 Å². The Morgan fingerprint density at radius 3 is 2.38 bits per heavy atom. The quantitative estimate of drug-likeness (QED) is 0.821. The van der Waals surface area contributed by atoms with Crippen LogP contribution in [0.25, 0.3) is 0 Å². The molecule has 0 saturated heterocycles. The predicted octanol–water partition coefficient (Wildman–Crippen LogP) is 1.82. The van der Waals surface area contributed by atoms with E-state index in [9.17, 15) is 4.79 Å². The third-order valence-corrected chi connectivity index (χ3v) is 2.51. The van der Waals surface area contributed by atoms with Crippen LogP contribution in [0.1, 0.15) is 18.9 Å². The Balaban J connectivity index is 2.40. The fourth-order valence-electron chi connectivity index (χ4n) is 1.43. The highest BCUT2D eigenvalue weighted by atomic mass is 16.1. The Morgan fingerprint density at radius 1 is 1.25 bits per heavy atom. The maximum Gasteiger partial charge on any atom is 0.219 e. The van der Waals surface area contributed by atoms with Crippen LogP contribution in [-0.4, -0.2) is 26.5 Å². The summed E-state index contributed by atoms with van der Waals surface area (Å²) >= 11 is 0. The molecule has 0 aliphatic rings. The molecule has 0 radical (unpaired) electrons. The van der Waals surface area contributed by atoms with Crippen LogP contribution in [0.2, 0.25) is 0 Å². The van der Waals surface area contributed by atoms with Crippen molar-refractivity contribution in [3.05, 3.63) is 29.8 Å². The molecule has 0 fully saturated rings. The number of nitrogens with zero attached hydrogens (tertiary/aromatic N) is 1. The van der Waals surface area contributed by atoms with Crippen LogP contribution in [0, 0.1) is 0 Å². The smallest absolute Gasteiger partial charge is 0.219 e. The van der Waals surface area contributed by atoms with E-state index in [1.165, 1.54) is 11.3 Å². The number of amides is 1. The minimum absolute atomic E-state index is 0.116. The fraction of sp³-hybridized carbons (Fsp3) is 0.462. The maximum absolute atomic E-state index is 11.0. The average Bonchev–Trinajstić information content (AvgIpc) is 2.29. The largest absolute Gasteiger partial charge is 0.378 e. The van der Waals surface area contributed by atoms with Gasteiger partial charge in [0, 0.05) is 32.7 Å². The van der Waals surface area contributed by atoms with Gasteiger partial charge < -0.3 is 10.2 Å². The average molecular weight is 220 g/mol. The van der Waals surface area contributed by atoms with Gasteiger partial charge in [0.15, 0.2) is 0 Å². The molecule has 0 bridgehead atoms. The number of benzene rings is 1. The monoisotopic (exact) mass is 220 g/mol. The first-order valence-electron chi connectivity index (χ1n) is 5.66. The summed E-state index contributed by atoms with van der Waals surface area (Å²) in [5.41, 5.74) is 2.45. The Bertz CT molecular complexity index is 330. The summed E-state index contributed by atoms with van der Waals surface area (Å²) in [6, 6.07) is 8.40. The fourth-order valence-corrected chi connectivity index (χ4v) is 1.43. The van der Waals surface area contributed by atoms with Gasteiger partial charge in [0.1, 0.15) is 0 Å². The summed E-state index contributed by atoms with van der Waals surface area (Å²) < 4.78 is 0. The second-order valence-corrected chi connectivity index (χ2v) is 4.01. The lowest BCUT2D eigenvalue weighted by Crippen LogP contribution is -2.24. The summed E-state index contributed by atoms with van der Waals surface area (Å²) in [5, 5.41) is 2.87. The first-order valence-corrected chi connectivity index (χ1v) is 5.66. The standard InChI is InChI=1S/C13H20N2O/c1-4-13(16)14-10-9-11-5-7-12(8-6-11)15(2)3/h5-8H,4,9-10H2,1-3H3,(H,14,16). The van der Waals surface area contributed by atoms with Crippen LogP contribution in [-0.2, 0) is 11.2 Å². The zero-order valence-corrected chi connectivity index (χ0v) is 10.3. The minimum Gasteiger partial charge on any atom is -0.378 e. The zero-order chi connectivity index (χ0) is 12.0. The number of rotatable bonds is 5. The van der Waals surface area contributed by atoms with Gasteiger partial charge >= 0.3 is 0 Å². The van der Waals surface area contributed by atoms with Gasteiger partial charge in [0.2, 0.25) is 5.91 Å². The molecule has 1 aromatic rings. The third kappa shape index (κ3) is 3.93. The number of anilines is 1. The second-order valence-electron chi connectivity index (χ2n) is 4.01. The molecule has 0 spiro atoms. The molecule has 3 heteroatoms. The highest BCUT2D eigenvalue weighted by molar-refractivity contribution is 5.75. The first kappa shape index (κ1) is 12.6. The normalized spacial score (nSPS) is 9.94. The van der Waals surface area contributed by atoms with E-state index in [0.29, 0.717) is 13.0 Å². The Morgan fingerprint density at radius 2 is 1.88 bits per heavy atom. The van der Waals surface area contributed by atoms with Gasteiger partial charge in [0.05, 0.1) is 0 Å². The third-order valence-electron chi connectivity index (χ3n) is 2.51. The topological polar surface area (TPSA) is 32.3 Å². The van der Waals surface area contributed by atoms with Crippen LogP contribution in [0.5, 0.6) is 0 Å². The lowest BCUT2D eigenvalue weighted by Gasteiger charge is -2.12. The molecule has 0 aliphatic heterocycles. The summed E-state index contributed by atoms with van der Waals surface area (Å²) in [6.07, 6.45) is 1.44. The van der Waals surface area contributed by atoms with Crippen molar-refractivity contribution in [3.63, 3.8) is 0 Å². The Hall–Kier alpha value is -1.51. The summed E-state index contributed by atoms with van der Waals surface area (Å²) in [5.74, 6) is 0.116. The lowest BCUT2D eigenvalue weighted by molar-refractivity contribution is -0.120. The van der Waals surface area contributed by atoms with Gasteiger partial charge in [-0.05, 0) is 24.1 Å². The van der Waals surface area contributed by atoms with E-state index in [1.54, 1.807) is 0 Å². The first-order chi connectivity index (χ1) is 7.63. The molecule has 16 heavy (non-hydrogen) atoms. The molecule has 0 atom stereocenters. The molecular weight excluding hydrogens is 200 g/mol. The highest BCUT2D eigenvalue weighted by Gasteiger charge is 1.98. The molecule has 88 valence electrons. The zero-order valence-electron chi connectivity index (χ0n) is 10.3. The predicted molar refractivity (Wildman–Crippen MR) is 67.8 cm³/mol. The van der Waals surface area contributed by atoms with E-state index in [1.807, 2.05) is 21.0 Å². The molecule has 3 nitrogen and oxygen atoms in total. The van der Waals surface area contributed by atoms with E-state index in [2.05, 4.69) is 34.5 Å². The molecular formula is C13H20N2O. The molecule has 0 saturated carbocycles. The van der Waals surface area contributed by atoms with Crippen molar-refractivity contribution in [2.24, 2.45) is 0 Å². The maximum atomic E-state index is 11.0. The van der Waals surface area contributed by atoms with Crippen molar-refractivity contribution in [1.29, 1.82) is 0 Å². The van der Waals surface area contributed by atoms with Crippen molar-refractivity contribution in [2.75, 3.05) is 25.5 Å². The Labute approximate surface area is 97.5 Å². The van der Waals surface area contributed by atoms with E-state index in [-0.39, 0.29) is 5.91 Å². The molecule has 0 heterocycles. The van der Waals surface area contributed by atoms with Crippen LogP contribution < -0.4 is 10.2 Å². The summed E-state index contributed by atoms with van der Waals surface area (Å²) in [4.78, 5) is 13.1. The lowest BCUT2D eigenvalue weighted by atomic mass is 10.1. The second kappa shape index (κ2) is 6.16. The van der Waals surface area contributed by atoms with Gasteiger partial charge in [-0.15, -0.1) is 0 Å². The van der Waals surface area contributed by atoms with Gasteiger partial charge in [-0.3, -0.25) is 4.79 Å². The van der Waals surface area contributed by atoms with Crippen molar-refractivity contribution in [2.45, 2.75) is 19.8 Å². The van der Waals surface area contributed by atoms with Gasteiger partial charge in [-0.25, -0.2) is 0 Å². The molecule has 0 aliphatic carbocycles. The molecule has 1 aromatic carbocycles. The Kier molecular flexibility index (Phi) is 4.83. The van der Waals surface area contributed by atoms with Crippen LogP contribution in [0.4, 0.5) is 5.69 Å². The van der Waals surface area contributed by atoms with Gasteiger partial charge in [-0.2, -0.15) is 0 Å². The summed E-state index contributed by atoms with van der Waals surface area (Å²) in [6.45, 7) is 2.58. The molecule has 1 N–H and O–H groups in total. The van der Waals surface area contributed by atoms with E-state index >= 15 is 0 Å². The number of hydrogen-bond acceptors (Lipinski definition) is 2. The SMILES string of the molecule is CCC(=O)NCCc1ccc(N(C)C)cc1. The molecule has 0 unspecified atom stereocenters. The van der Waals surface area contributed by atoms with E-state index in [0.717, 1.165) is 6.42 Å². The molecule has 1 rings (SSSR count). The number of carbonyl (C=O) groups excluding carboxylic acids is 1. The van der Waals surface area contributed by atoms with Crippen LogP contribution >= 0.6 is 0 Å². The number of nitrogens with one attached hydrogen (secondary N) is 1. The minimum atomic E-state index is 0.116. The van der Waals surface area contributed by atoms with Crippen molar-refractivity contribution < 1.29 is 4.79 Å². The molecule has 0 aromatic heterocycles. The van der Waals surface area contributed by atoms with Gasteiger partial charge in [0.25, 0.3) is 0 Å². The van der Waals surface area contributed by atoms with Crippen LogP contribution in [0.3, 0.4) is 0 Å². The van der Waals surface area contributed by atoms with Crippen molar-refractivity contribution in [1.82, 2.24) is 5.32 Å².